The van der Waals surface area contributed by atoms with Crippen molar-refractivity contribution in [3.8, 4) is 0 Å². The largest absolute Gasteiger partial charge is 0.369 e. The van der Waals surface area contributed by atoms with Crippen LogP contribution in [0.15, 0.2) is 0 Å². The number of amides is 1. The molecule has 0 spiro atoms. The molecule has 21 heavy (non-hydrogen) atoms. The number of nitrogens with two attached hydrogens (primary N) is 1. The highest BCUT2D eigenvalue weighted by molar-refractivity contribution is 7.88. The summed E-state index contributed by atoms with van der Waals surface area (Å²) in [6.07, 6.45) is 4.39. The molecule has 0 aromatic rings. The lowest BCUT2D eigenvalue weighted by Gasteiger charge is -2.24. The van der Waals surface area contributed by atoms with Crippen molar-refractivity contribution in [1.29, 1.82) is 0 Å². The maximum absolute atomic E-state index is 11.0. The Morgan fingerprint density at radius 2 is 1.76 bits per heavy atom. The second kappa shape index (κ2) is 8.32. The minimum absolute atomic E-state index is 0.0306. The molecule has 0 bridgehead atoms. The van der Waals surface area contributed by atoms with Crippen LogP contribution in [0.3, 0.4) is 0 Å². The molecule has 2 heterocycles. The highest BCUT2D eigenvalue weighted by Crippen LogP contribution is 2.15. The van der Waals surface area contributed by atoms with Gasteiger partial charge in [0.05, 0.1) is 6.26 Å². The third kappa shape index (κ3) is 6.42. The topological polar surface area (TPSA) is 96.9 Å². The molecule has 0 saturated carbocycles. The summed E-state index contributed by atoms with van der Waals surface area (Å²) in [7, 11) is -3.03. The average molecular weight is 316 g/mol. The SMILES string of the molecule is NC(=O)C1CCNCC1.[C-]#[N+]C1CCN(S(C)(=O)=O)CC1. The molecule has 2 fully saturated rings. The zero-order valence-electron chi connectivity index (χ0n) is 12.4. The van der Waals surface area contributed by atoms with E-state index in [4.69, 9.17) is 12.3 Å². The van der Waals surface area contributed by atoms with E-state index in [9.17, 15) is 13.2 Å². The first-order valence-corrected chi connectivity index (χ1v) is 9.01. The van der Waals surface area contributed by atoms with Crippen LogP contribution in [-0.4, -0.2) is 57.1 Å². The lowest BCUT2D eigenvalue weighted by Crippen LogP contribution is -2.38. The number of carbonyl (C=O) groups is 1. The molecule has 3 N–H and O–H groups in total. The lowest BCUT2D eigenvalue weighted by molar-refractivity contribution is -0.122. The van der Waals surface area contributed by atoms with Crippen LogP contribution in [0.25, 0.3) is 4.85 Å². The van der Waals surface area contributed by atoms with Gasteiger partial charge in [-0.15, -0.1) is 0 Å². The summed E-state index contributed by atoms with van der Waals surface area (Å²) in [4.78, 5) is 13.9. The summed E-state index contributed by atoms with van der Waals surface area (Å²) in [6, 6.07) is 0.0306. The van der Waals surface area contributed by atoms with Gasteiger partial charge >= 0.3 is 0 Å². The van der Waals surface area contributed by atoms with Gasteiger partial charge in [0, 0.05) is 31.8 Å². The normalized spacial score (nSPS) is 21.9. The molecule has 120 valence electrons. The minimum atomic E-state index is -3.03. The molecule has 2 aliphatic rings. The van der Waals surface area contributed by atoms with Crippen molar-refractivity contribution in [2.24, 2.45) is 11.7 Å². The van der Waals surface area contributed by atoms with Crippen LogP contribution >= 0.6 is 0 Å². The fourth-order valence-corrected chi connectivity index (χ4v) is 3.28. The summed E-state index contributed by atoms with van der Waals surface area (Å²) >= 11 is 0. The molecule has 0 aliphatic carbocycles. The zero-order valence-corrected chi connectivity index (χ0v) is 13.2. The first-order valence-electron chi connectivity index (χ1n) is 7.16. The van der Waals surface area contributed by atoms with Crippen molar-refractivity contribution in [3.63, 3.8) is 0 Å². The van der Waals surface area contributed by atoms with E-state index in [0.29, 0.717) is 25.9 Å². The summed E-state index contributed by atoms with van der Waals surface area (Å²) in [6.45, 7) is 9.66. The van der Waals surface area contributed by atoms with Gasteiger partial charge in [-0.1, -0.05) is 0 Å². The van der Waals surface area contributed by atoms with Crippen LogP contribution in [0.1, 0.15) is 25.7 Å². The van der Waals surface area contributed by atoms with Crippen LogP contribution in [-0.2, 0) is 14.8 Å². The summed E-state index contributed by atoms with van der Waals surface area (Å²) in [5, 5.41) is 3.16. The molecule has 2 aliphatic heterocycles. The van der Waals surface area contributed by atoms with Crippen molar-refractivity contribution >= 4 is 15.9 Å². The predicted octanol–water partition coefficient (Wildman–Crippen LogP) is -0.199. The first kappa shape index (κ1) is 17.9. The van der Waals surface area contributed by atoms with E-state index in [2.05, 4.69) is 10.2 Å². The van der Waals surface area contributed by atoms with Gasteiger partial charge in [0.1, 0.15) is 0 Å². The number of hydrogen-bond donors (Lipinski definition) is 2. The number of sulfonamides is 1. The van der Waals surface area contributed by atoms with Crippen LogP contribution in [0, 0.1) is 12.5 Å². The maximum Gasteiger partial charge on any atom is 0.226 e. The van der Waals surface area contributed by atoms with Gasteiger partial charge in [0.15, 0.2) is 0 Å². The first-order chi connectivity index (χ1) is 9.84. The minimum Gasteiger partial charge on any atom is -0.369 e. The Labute approximate surface area is 126 Å². The molecule has 2 saturated heterocycles. The van der Waals surface area contributed by atoms with Crippen molar-refractivity contribution in [3.05, 3.63) is 11.4 Å². The van der Waals surface area contributed by atoms with E-state index < -0.39 is 10.0 Å². The smallest absolute Gasteiger partial charge is 0.226 e. The summed E-state index contributed by atoms with van der Waals surface area (Å²) in [5.41, 5.74) is 5.10. The number of nitrogens with zero attached hydrogens (tertiary/aromatic N) is 2. The number of carbonyl (C=O) groups excluding carboxylic acids is 1. The predicted molar refractivity (Wildman–Crippen MR) is 80.8 cm³/mol. The number of rotatable bonds is 2. The van der Waals surface area contributed by atoms with Gasteiger partial charge in [-0.3, -0.25) is 4.79 Å². The van der Waals surface area contributed by atoms with E-state index in [1.54, 1.807) is 0 Å². The van der Waals surface area contributed by atoms with Crippen LogP contribution < -0.4 is 11.1 Å². The van der Waals surface area contributed by atoms with E-state index in [1.807, 2.05) is 0 Å². The number of hydrogen-bond acceptors (Lipinski definition) is 4. The van der Waals surface area contributed by atoms with Crippen molar-refractivity contribution in [2.75, 3.05) is 32.4 Å². The Bertz CT molecular complexity index is 472. The molecule has 8 heteroatoms. The molecule has 0 radical (unpaired) electrons. The highest BCUT2D eigenvalue weighted by Gasteiger charge is 2.27. The summed E-state index contributed by atoms with van der Waals surface area (Å²) in [5.74, 6) is -0.0113. The van der Waals surface area contributed by atoms with Gasteiger partial charge in [0.25, 0.3) is 0 Å². The van der Waals surface area contributed by atoms with Gasteiger partial charge in [-0.05, 0) is 25.9 Å². The molecular formula is C13H24N4O3S. The lowest BCUT2D eigenvalue weighted by atomic mass is 9.98. The van der Waals surface area contributed by atoms with E-state index >= 15 is 0 Å². The fourth-order valence-electron chi connectivity index (χ4n) is 2.41. The second-order valence-corrected chi connectivity index (χ2v) is 7.43. The third-order valence-corrected chi connectivity index (χ3v) is 5.12. The Morgan fingerprint density at radius 1 is 1.24 bits per heavy atom. The van der Waals surface area contributed by atoms with Crippen LogP contribution in [0.2, 0.25) is 0 Å². The Balaban J connectivity index is 0.000000219. The van der Waals surface area contributed by atoms with Crippen molar-refractivity contribution in [1.82, 2.24) is 9.62 Å². The number of nitrogens with one attached hydrogen (secondary N) is 1. The maximum atomic E-state index is 11.0. The highest BCUT2D eigenvalue weighted by atomic mass is 32.2. The monoisotopic (exact) mass is 316 g/mol. The van der Waals surface area contributed by atoms with E-state index in [1.165, 1.54) is 10.6 Å². The molecule has 0 aromatic heterocycles. The fraction of sp³-hybridized carbons (Fsp3) is 0.846. The number of piperidine rings is 2. The van der Waals surface area contributed by atoms with Crippen LogP contribution in [0.4, 0.5) is 0 Å². The molecule has 0 atom stereocenters. The zero-order chi connectivity index (χ0) is 15.9. The molecule has 0 aromatic carbocycles. The molecule has 2 rings (SSSR count). The third-order valence-electron chi connectivity index (χ3n) is 3.82. The van der Waals surface area contributed by atoms with Gasteiger partial charge < -0.3 is 15.9 Å². The Kier molecular flexibility index (Phi) is 7.08. The standard InChI is InChI=1S/C7H12N2O2S.C6H12N2O/c1-8-7-3-5-9(6-4-7)12(2,10)11;7-6(9)5-1-3-8-4-2-5/h7H,3-6H2,2H3;5,8H,1-4H2,(H2,7,9). The second-order valence-electron chi connectivity index (χ2n) is 5.45. The van der Waals surface area contributed by atoms with Gasteiger partial charge in [0.2, 0.25) is 22.0 Å². The molecular weight excluding hydrogens is 292 g/mol. The average Bonchev–Trinajstić information content (AvgIpc) is 2.48. The van der Waals surface area contributed by atoms with E-state index in [-0.39, 0.29) is 17.9 Å². The molecule has 0 unspecified atom stereocenters. The summed E-state index contributed by atoms with van der Waals surface area (Å²) < 4.78 is 23.5. The van der Waals surface area contributed by atoms with Gasteiger partial charge in [-0.25, -0.2) is 19.3 Å². The van der Waals surface area contributed by atoms with E-state index in [0.717, 1.165) is 25.9 Å². The molecule has 1 amide bonds. The van der Waals surface area contributed by atoms with Gasteiger partial charge in [-0.2, -0.15) is 0 Å². The Hall–Kier alpha value is -1.17. The number of primary amides is 1. The van der Waals surface area contributed by atoms with Crippen molar-refractivity contribution < 1.29 is 13.2 Å². The molecule has 7 nitrogen and oxygen atoms in total. The van der Waals surface area contributed by atoms with Crippen molar-refractivity contribution in [2.45, 2.75) is 31.7 Å². The quantitative estimate of drug-likeness (QED) is 0.690. The Morgan fingerprint density at radius 3 is 2.10 bits per heavy atom. The van der Waals surface area contributed by atoms with Crippen LogP contribution in [0.5, 0.6) is 0 Å².